The highest BCUT2D eigenvalue weighted by Crippen LogP contribution is 2.28. The number of amides is 1. The van der Waals surface area contributed by atoms with Crippen molar-refractivity contribution >= 4 is 33.6 Å². The average molecular weight is 404 g/mol. The van der Waals surface area contributed by atoms with Crippen molar-refractivity contribution in [3.8, 4) is 0 Å². The summed E-state index contributed by atoms with van der Waals surface area (Å²) in [7, 11) is -4.32. The number of anilines is 1. The summed E-state index contributed by atoms with van der Waals surface area (Å²) in [6, 6.07) is 24.1. The number of rotatable bonds is 4. The number of benzene rings is 3. The van der Waals surface area contributed by atoms with Crippen LogP contribution in [0.4, 0.5) is 5.69 Å². The number of aliphatic imine (C=N–C) groups is 1. The van der Waals surface area contributed by atoms with E-state index in [-0.39, 0.29) is 16.5 Å². The number of nitrogens with zero attached hydrogens (tertiary/aromatic N) is 2. The van der Waals surface area contributed by atoms with Gasteiger partial charge in [0.25, 0.3) is 16.0 Å². The number of carbonyl (C=O) groups is 1. The Morgan fingerprint density at radius 2 is 1.41 bits per heavy atom. The molecule has 1 N–H and O–H groups in total. The Labute approximate surface area is 168 Å². The lowest BCUT2D eigenvalue weighted by Crippen LogP contribution is -2.32. The number of amidine groups is 1. The standard InChI is InChI=1S/C22H16N2O4S/c25-22-20(15-16-7-3-1-4-8-16)23-21(17-9-5-2-6-10-17)24(22)18-11-13-19(14-12-18)29(26,27)28/h1-15H,(H,26,27,28). The topological polar surface area (TPSA) is 87.0 Å². The molecule has 1 amide bonds. The molecule has 4 rings (SSSR count). The van der Waals surface area contributed by atoms with Crippen molar-refractivity contribution in [1.82, 2.24) is 0 Å². The maximum atomic E-state index is 13.2. The van der Waals surface area contributed by atoms with Crippen LogP contribution in [0, 0.1) is 0 Å². The Balaban J connectivity index is 1.80. The summed E-state index contributed by atoms with van der Waals surface area (Å²) in [6.45, 7) is 0. The highest BCUT2D eigenvalue weighted by atomic mass is 32.2. The van der Waals surface area contributed by atoms with Crippen molar-refractivity contribution in [2.45, 2.75) is 4.90 Å². The van der Waals surface area contributed by atoms with E-state index in [4.69, 9.17) is 0 Å². The van der Waals surface area contributed by atoms with Gasteiger partial charge in [-0.2, -0.15) is 8.42 Å². The van der Waals surface area contributed by atoms with Crippen molar-refractivity contribution in [2.24, 2.45) is 4.99 Å². The van der Waals surface area contributed by atoms with Crippen LogP contribution in [-0.2, 0) is 14.9 Å². The molecule has 7 heteroatoms. The third-order valence-electron chi connectivity index (χ3n) is 4.39. The first-order chi connectivity index (χ1) is 13.9. The van der Waals surface area contributed by atoms with Crippen molar-refractivity contribution in [2.75, 3.05) is 4.90 Å². The maximum absolute atomic E-state index is 13.2. The molecule has 144 valence electrons. The first kappa shape index (κ1) is 18.8. The number of hydrogen-bond acceptors (Lipinski definition) is 4. The minimum Gasteiger partial charge on any atom is -0.282 e. The smallest absolute Gasteiger partial charge is 0.282 e. The van der Waals surface area contributed by atoms with Gasteiger partial charge in [0.1, 0.15) is 11.5 Å². The zero-order valence-corrected chi connectivity index (χ0v) is 16.0. The van der Waals surface area contributed by atoms with Gasteiger partial charge in [-0.3, -0.25) is 14.2 Å². The van der Waals surface area contributed by atoms with Crippen LogP contribution < -0.4 is 4.90 Å². The summed E-state index contributed by atoms with van der Waals surface area (Å²) in [4.78, 5) is 18.9. The van der Waals surface area contributed by atoms with Gasteiger partial charge in [-0.1, -0.05) is 60.7 Å². The quantitative estimate of drug-likeness (QED) is 0.530. The van der Waals surface area contributed by atoms with Crippen molar-refractivity contribution in [1.29, 1.82) is 0 Å². The fraction of sp³-hybridized carbons (Fsp3) is 0. The van der Waals surface area contributed by atoms with Crippen LogP contribution in [0.15, 0.2) is 101 Å². The lowest BCUT2D eigenvalue weighted by Gasteiger charge is -2.18. The first-order valence-corrected chi connectivity index (χ1v) is 10.2. The SMILES string of the molecule is O=C1C(=Cc2ccccc2)N=C(c2ccccc2)N1c1ccc(S(=O)(=O)O)cc1. The molecule has 0 radical (unpaired) electrons. The molecule has 0 saturated heterocycles. The van der Waals surface area contributed by atoms with Gasteiger partial charge in [-0.25, -0.2) is 4.99 Å². The van der Waals surface area contributed by atoms with Gasteiger partial charge in [0.15, 0.2) is 0 Å². The van der Waals surface area contributed by atoms with Gasteiger partial charge in [-0.05, 0) is 35.9 Å². The summed E-state index contributed by atoms with van der Waals surface area (Å²) in [5, 5.41) is 0. The molecule has 0 spiro atoms. The molecule has 3 aromatic carbocycles. The second-order valence-electron chi connectivity index (χ2n) is 6.35. The van der Waals surface area contributed by atoms with Crippen LogP contribution in [-0.4, -0.2) is 24.7 Å². The second-order valence-corrected chi connectivity index (χ2v) is 7.77. The van der Waals surface area contributed by atoms with Gasteiger partial charge in [0, 0.05) is 5.56 Å². The molecule has 1 aliphatic heterocycles. The third-order valence-corrected chi connectivity index (χ3v) is 5.26. The van der Waals surface area contributed by atoms with Gasteiger partial charge < -0.3 is 0 Å². The second kappa shape index (κ2) is 7.46. The first-order valence-electron chi connectivity index (χ1n) is 8.76. The lowest BCUT2D eigenvalue weighted by atomic mass is 10.1. The van der Waals surface area contributed by atoms with Crippen LogP contribution in [0.2, 0.25) is 0 Å². The molecule has 0 unspecified atom stereocenters. The van der Waals surface area contributed by atoms with E-state index in [2.05, 4.69) is 4.99 Å². The molecule has 0 atom stereocenters. The Bertz CT molecular complexity index is 1220. The van der Waals surface area contributed by atoms with Crippen LogP contribution in [0.5, 0.6) is 0 Å². The molecular formula is C22H16N2O4S. The maximum Gasteiger partial charge on any atom is 0.294 e. The summed E-state index contributed by atoms with van der Waals surface area (Å²) < 4.78 is 31.8. The molecule has 6 nitrogen and oxygen atoms in total. The van der Waals surface area contributed by atoms with Gasteiger partial charge in [-0.15, -0.1) is 0 Å². The van der Waals surface area contributed by atoms with E-state index in [1.165, 1.54) is 29.2 Å². The molecule has 0 fully saturated rings. The highest BCUT2D eigenvalue weighted by molar-refractivity contribution is 7.85. The molecule has 1 heterocycles. The fourth-order valence-electron chi connectivity index (χ4n) is 3.01. The molecule has 1 aliphatic rings. The van der Waals surface area contributed by atoms with Gasteiger partial charge in [0.2, 0.25) is 0 Å². The Morgan fingerprint density at radius 1 is 0.828 bits per heavy atom. The van der Waals surface area contributed by atoms with E-state index in [0.29, 0.717) is 11.5 Å². The summed E-state index contributed by atoms with van der Waals surface area (Å²) in [5.41, 5.74) is 2.31. The predicted molar refractivity (Wildman–Crippen MR) is 111 cm³/mol. The molecule has 3 aromatic rings. The molecule has 0 aromatic heterocycles. The highest BCUT2D eigenvalue weighted by Gasteiger charge is 2.32. The summed E-state index contributed by atoms with van der Waals surface area (Å²) in [6.07, 6.45) is 1.71. The van der Waals surface area contributed by atoms with Crippen LogP contribution in [0.3, 0.4) is 0 Å². The van der Waals surface area contributed by atoms with E-state index in [9.17, 15) is 17.8 Å². The van der Waals surface area contributed by atoms with Gasteiger partial charge >= 0.3 is 0 Å². The lowest BCUT2D eigenvalue weighted by molar-refractivity contribution is -0.113. The Morgan fingerprint density at radius 3 is 2.00 bits per heavy atom. The predicted octanol–water partition coefficient (Wildman–Crippen LogP) is 3.77. The molecule has 0 bridgehead atoms. The van der Waals surface area contributed by atoms with Crippen LogP contribution in [0.25, 0.3) is 6.08 Å². The Hall–Kier alpha value is -3.55. The molecule has 0 aliphatic carbocycles. The van der Waals surface area contributed by atoms with E-state index in [1.807, 2.05) is 60.7 Å². The fourth-order valence-corrected chi connectivity index (χ4v) is 3.49. The van der Waals surface area contributed by atoms with Gasteiger partial charge in [0.05, 0.1) is 10.6 Å². The molecular weight excluding hydrogens is 388 g/mol. The van der Waals surface area contributed by atoms with E-state index in [0.717, 1.165) is 11.1 Å². The van der Waals surface area contributed by atoms with Crippen molar-refractivity contribution in [3.05, 3.63) is 102 Å². The zero-order valence-electron chi connectivity index (χ0n) is 15.1. The van der Waals surface area contributed by atoms with Crippen LogP contribution >= 0.6 is 0 Å². The van der Waals surface area contributed by atoms with Crippen LogP contribution in [0.1, 0.15) is 11.1 Å². The number of hydrogen-bond donors (Lipinski definition) is 1. The Kier molecular flexibility index (Phi) is 4.84. The van der Waals surface area contributed by atoms with E-state index < -0.39 is 10.1 Å². The molecule has 29 heavy (non-hydrogen) atoms. The van der Waals surface area contributed by atoms with E-state index >= 15 is 0 Å². The summed E-state index contributed by atoms with van der Waals surface area (Å²) >= 11 is 0. The largest absolute Gasteiger partial charge is 0.294 e. The minimum absolute atomic E-state index is 0.244. The normalized spacial score (nSPS) is 15.6. The van der Waals surface area contributed by atoms with E-state index in [1.54, 1.807) is 6.08 Å². The zero-order chi connectivity index (χ0) is 20.4. The number of carbonyl (C=O) groups excluding carboxylic acids is 1. The van der Waals surface area contributed by atoms with Crippen molar-refractivity contribution < 1.29 is 17.8 Å². The third kappa shape index (κ3) is 3.87. The minimum atomic E-state index is -4.32. The average Bonchev–Trinajstić information content (AvgIpc) is 3.05. The summed E-state index contributed by atoms with van der Waals surface area (Å²) in [5.74, 6) is 0.115. The van der Waals surface area contributed by atoms with Crippen molar-refractivity contribution in [3.63, 3.8) is 0 Å². The monoisotopic (exact) mass is 404 g/mol. The molecule has 0 saturated carbocycles.